The van der Waals surface area contributed by atoms with E-state index in [-0.39, 0.29) is 0 Å². The van der Waals surface area contributed by atoms with Crippen molar-refractivity contribution >= 4 is 44.1 Å². The highest BCUT2D eigenvalue weighted by Gasteiger charge is 2.14. The first-order valence-electron chi connectivity index (χ1n) is 10.8. The Bertz CT molecular complexity index is 1340. The molecule has 2 N–H and O–H groups in total. The summed E-state index contributed by atoms with van der Waals surface area (Å²) in [5, 5.41) is 5.66. The van der Waals surface area contributed by atoms with Crippen molar-refractivity contribution < 1.29 is 4.74 Å². The summed E-state index contributed by atoms with van der Waals surface area (Å²) in [5.74, 6) is 0.591. The zero-order chi connectivity index (χ0) is 21.3. The van der Waals surface area contributed by atoms with Crippen LogP contribution in [0, 0.1) is 0 Å². The molecule has 160 valence electrons. The van der Waals surface area contributed by atoms with Crippen LogP contribution in [-0.2, 0) is 11.3 Å². The average molecular weight is 442 g/mol. The van der Waals surface area contributed by atoms with E-state index in [0.29, 0.717) is 5.95 Å². The van der Waals surface area contributed by atoms with Crippen LogP contribution in [0.3, 0.4) is 0 Å². The number of morpholine rings is 1. The maximum absolute atomic E-state index is 5.44. The van der Waals surface area contributed by atoms with Crippen LogP contribution in [0.15, 0.2) is 66.9 Å². The number of aromatic amines is 1. The number of ether oxygens (including phenoxy) is 1. The molecule has 32 heavy (non-hydrogen) atoms. The van der Waals surface area contributed by atoms with Crippen LogP contribution in [0.2, 0.25) is 0 Å². The fraction of sp³-hybridized carbons (Fsp3) is 0.200. The van der Waals surface area contributed by atoms with Crippen molar-refractivity contribution in [2.75, 3.05) is 31.6 Å². The van der Waals surface area contributed by atoms with Crippen molar-refractivity contribution in [1.82, 2.24) is 19.9 Å². The smallest absolute Gasteiger partial charge is 0.229 e. The monoisotopic (exact) mass is 441 g/mol. The van der Waals surface area contributed by atoms with E-state index in [9.17, 15) is 0 Å². The van der Waals surface area contributed by atoms with Gasteiger partial charge in [0.25, 0.3) is 0 Å². The summed E-state index contributed by atoms with van der Waals surface area (Å²) in [6, 6.07) is 21.2. The number of hydrogen-bond acceptors (Lipinski definition) is 6. The number of thiophene rings is 1. The molecule has 0 atom stereocenters. The van der Waals surface area contributed by atoms with Crippen molar-refractivity contribution in [1.29, 1.82) is 0 Å². The van der Waals surface area contributed by atoms with Crippen LogP contribution in [-0.4, -0.2) is 46.2 Å². The van der Waals surface area contributed by atoms with Gasteiger partial charge < -0.3 is 15.0 Å². The van der Waals surface area contributed by atoms with Gasteiger partial charge in [-0.25, -0.2) is 4.98 Å². The molecule has 0 spiro atoms. The molecule has 2 aromatic carbocycles. The summed E-state index contributed by atoms with van der Waals surface area (Å²) in [5.41, 5.74) is 4.05. The Morgan fingerprint density at radius 2 is 1.84 bits per heavy atom. The van der Waals surface area contributed by atoms with Gasteiger partial charge in [-0.2, -0.15) is 4.98 Å². The van der Waals surface area contributed by atoms with Crippen LogP contribution in [0.1, 0.15) is 5.56 Å². The molecule has 0 unspecified atom stereocenters. The molecule has 1 aliphatic rings. The van der Waals surface area contributed by atoms with E-state index in [1.807, 2.05) is 12.3 Å². The number of benzene rings is 2. The highest BCUT2D eigenvalue weighted by atomic mass is 32.1. The lowest BCUT2D eigenvalue weighted by atomic mass is 10.2. The second-order valence-corrected chi connectivity index (χ2v) is 9.08. The lowest BCUT2D eigenvalue weighted by Crippen LogP contribution is -2.35. The molecule has 3 aromatic heterocycles. The zero-order valence-corrected chi connectivity index (χ0v) is 18.4. The Kier molecular flexibility index (Phi) is 5.07. The van der Waals surface area contributed by atoms with Gasteiger partial charge in [-0.15, -0.1) is 11.3 Å². The zero-order valence-electron chi connectivity index (χ0n) is 17.5. The molecule has 1 saturated heterocycles. The van der Waals surface area contributed by atoms with E-state index >= 15 is 0 Å². The molecule has 0 saturated carbocycles. The first-order chi connectivity index (χ1) is 15.8. The van der Waals surface area contributed by atoms with Crippen molar-refractivity contribution in [2.45, 2.75) is 6.54 Å². The van der Waals surface area contributed by atoms with E-state index in [2.05, 4.69) is 69.8 Å². The number of fused-ring (bicyclic) bond motifs is 2. The molecule has 0 bridgehead atoms. The van der Waals surface area contributed by atoms with Gasteiger partial charge in [-0.1, -0.05) is 30.3 Å². The van der Waals surface area contributed by atoms with Gasteiger partial charge in [0.05, 0.1) is 23.8 Å². The predicted octanol–water partition coefficient (Wildman–Crippen LogP) is 5.42. The van der Waals surface area contributed by atoms with Gasteiger partial charge in [0.1, 0.15) is 5.65 Å². The third kappa shape index (κ3) is 3.86. The predicted molar refractivity (Wildman–Crippen MR) is 131 cm³/mol. The quantitative estimate of drug-likeness (QED) is 0.381. The van der Waals surface area contributed by atoms with E-state index in [4.69, 9.17) is 14.7 Å². The summed E-state index contributed by atoms with van der Waals surface area (Å²) < 4.78 is 6.70. The number of nitrogens with one attached hydrogen (secondary N) is 2. The molecule has 4 heterocycles. The summed E-state index contributed by atoms with van der Waals surface area (Å²) in [6.45, 7) is 4.57. The number of hydrogen-bond donors (Lipinski definition) is 2. The van der Waals surface area contributed by atoms with E-state index in [1.54, 1.807) is 11.3 Å². The topological polar surface area (TPSA) is 66.1 Å². The summed E-state index contributed by atoms with van der Waals surface area (Å²) in [6.07, 6.45) is 1.92. The Morgan fingerprint density at radius 1 is 1.00 bits per heavy atom. The van der Waals surface area contributed by atoms with Crippen LogP contribution < -0.4 is 5.32 Å². The molecule has 6 rings (SSSR count). The second kappa shape index (κ2) is 8.35. The van der Waals surface area contributed by atoms with Crippen LogP contribution in [0.5, 0.6) is 0 Å². The van der Waals surface area contributed by atoms with Crippen LogP contribution >= 0.6 is 11.3 Å². The van der Waals surface area contributed by atoms with Gasteiger partial charge in [0, 0.05) is 41.6 Å². The summed E-state index contributed by atoms with van der Waals surface area (Å²) in [4.78, 5) is 16.4. The third-order valence-corrected chi connectivity index (χ3v) is 6.92. The lowest BCUT2D eigenvalue weighted by molar-refractivity contribution is 0.0342. The maximum Gasteiger partial charge on any atom is 0.229 e. The van der Waals surface area contributed by atoms with Crippen LogP contribution in [0.25, 0.3) is 31.7 Å². The molecule has 6 nitrogen and oxygen atoms in total. The Labute approximate surface area is 189 Å². The maximum atomic E-state index is 5.44. The molecule has 0 aliphatic carbocycles. The van der Waals surface area contributed by atoms with Crippen LogP contribution in [0.4, 0.5) is 11.6 Å². The summed E-state index contributed by atoms with van der Waals surface area (Å²) in [7, 11) is 0. The number of rotatable bonds is 5. The molecule has 0 amide bonds. The van der Waals surface area contributed by atoms with Crippen molar-refractivity contribution in [2.24, 2.45) is 0 Å². The third-order valence-electron chi connectivity index (χ3n) is 5.79. The fourth-order valence-corrected chi connectivity index (χ4v) is 5.19. The van der Waals surface area contributed by atoms with Gasteiger partial charge >= 0.3 is 0 Å². The Hall–Kier alpha value is -3.26. The minimum Gasteiger partial charge on any atom is -0.379 e. The fourth-order valence-electron chi connectivity index (χ4n) is 4.12. The van der Waals surface area contributed by atoms with Crippen molar-refractivity contribution in [3.63, 3.8) is 0 Å². The molecule has 1 fully saturated rings. The molecular formula is C25H23N5OS. The SMILES string of the molecule is c1ccc2sc(-c3nc(Nc4ccc(CN5CCOCC5)cc4)nc4[nH]ccc34)cc2c1. The Balaban J connectivity index is 1.28. The molecule has 7 heteroatoms. The number of nitrogens with zero attached hydrogens (tertiary/aromatic N) is 3. The van der Waals surface area contributed by atoms with E-state index < -0.39 is 0 Å². The standard InChI is InChI=1S/C25H23N5OS/c1-2-4-21-18(3-1)15-22(32-21)23-20-9-10-26-24(20)29-25(28-23)27-19-7-5-17(6-8-19)16-30-11-13-31-14-12-30/h1-10,15H,11-14,16H2,(H2,26,27,28,29). The first-order valence-corrected chi connectivity index (χ1v) is 11.6. The van der Waals surface area contributed by atoms with E-state index in [1.165, 1.54) is 15.6 Å². The number of anilines is 2. The van der Waals surface area contributed by atoms with Gasteiger partial charge in [-0.3, -0.25) is 4.90 Å². The minimum absolute atomic E-state index is 0.591. The lowest BCUT2D eigenvalue weighted by Gasteiger charge is -2.26. The molecule has 0 radical (unpaired) electrons. The van der Waals surface area contributed by atoms with Crippen molar-refractivity contribution in [3.8, 4) is 10.6 Å². The molecule has 5 aromatic rings. The first kappa shape index (κ1) is 19.4. The van der Waals surface area contributed by atoms with Gasteiger partial charge in [-0.05, 0) is 41.3 Å². The molecular weight excluding hydrogens is 418 g/mol. The average Bonchev–Trinajstić information content (AvgIpc) is 3.47. The largest absolute Gasteiger partial charge is 0.379 e. The van der Waals surface area contributed by atoms with Gasteiger partial charge in [0.2, 0.25) is 5.95 Å². The minimum atomic E-state index is 0.591. The normalized spacial score (nSPS) is 14.9. The molecule has 1 aliphatic heterocycles. The Morgan fingerprint density at radius 3 is 2.69 bits per heavy atom. The second-order valence-electron chi connectivity index (χ2n) is 7.99. The van der Waals surface area contributed by atoms with Gasteiger partial charge in [0.15, 0.2) is 0 Å². The number of aromatic nitrogens is 3. The highest BCUT2D eigenvalue weighted by Crippen LogP contribution is 2.36. The highest BCUT2D eigenvalue weighted by molar-refractivity contribution is 7.22. The van der Waals surface area contributed by atoms with Crippen molar-refractivity contribution in [3.05, 3.63) is 72.4 Å². The number of H-pyrrole nitrogens is 1. The van der Waals surface area contributed by atoms with E-state index in [0.717, 1.165) is 60.1 Å². The summed E-state index contributed by atoms with van der Waals surface area (Å²) >= 11 is 1.76.